The summed E-state index contributed by atoms with van der Waals surface area (Å²) < 4.78 is 0. The van der Waals surface area contributed by atoms with E-state index in [4.69, 9.17) is 0 Å². The second kappa shape index (κ2) is 4.84. The number of rotatable bonds is 4. The third-order valence-corrected chi connectivity index (χ3v) is 4.60. The van der Waals surface area contributed by atoms with E-state index >= 15 is 0 Å². The molecule has 1 spiro atoms. The maximum Gasteiger partial charge on any atom is 0.0346 e. The van der Waals surface area contributed by atoms with Crippen LogP contribution in [0.4, 0.5) is 0 Å². The highest BCUT2D eigenvalue weighted by molar-refractivity contribution is 5.03. The lowest BCUT2D eigenvalue weighted by molar-refractivity contribution is -0.0426. The van der Waals surface area contributed by atoms with Gasteiger partial charge in [0.25, 0.3) is 0 Å². The molecule has 2 heteroatoms. The first-order chi connectivity index (χ1) is 7.30. The van der Waals surface area contributed by atoms with Crippen molar-refractivity contribution >= 4 is 0 Å². The second-order valence-corrected chi connectivity index (χ2v) is 5.38. The van der Waals surface area contributed by atoms with Crippen LogP contribution >= 0.6 is 0 Å². The van der Waals surface area contributed by atoms with Crippen molar-refractivity contribution in [3.05, 3.63) is 0 Å². The van der Waals surface area contributed by atoms with Crippen LogP contribution in [-0.4, -0.2) is 36.6 Å². The van der Waals surface area contributed by atoms with Gasteiger partial charge in [-0.25, -0.2) is 0 Å². The topological polar surface area (TPSA) is 15.3 Å². The Morgan fingerprint density at radius 2 is 2.07 bits per heavy atom. The van der Waals surface area contributed by atoms with Crippen LogP contribution in [0, 0.1) is 5.92 Å². The van der Waals surface area contributed by atoms with Crippen molar-refractivity contribution < 1.29 is 0 Å². The van der Waals surface area contributed by atoms with E-state index in [2.05, 4.69) is 24.1 Å². The van der Waals surface area contributed by atoms with Crippen molar-refractivity contribution in [2.75, 3.05) is 26.2 Å². The molecule has 2 nitrogen and oxygen atoms in total. The quantitative estimate of drug-likeness (QED) is 0.765. The molecule has 0 aromatic carbocycles. The number of nitrogens with one attached hydrogen (secondary N) is 1. The van der Waals surface area contributed by atoms with Crippen LogP contribution in [0.25, 0.3) is 0 Å². The van der Waals surface area contributed by atoms with Gasteiger partial charge in [-0.1, -0.05) is 26.7 Å². The molecular formula is C13H26N2. The highest BCUT2D eigenvalue weighted by Gasteiger charge is 2.45. The SMILES string of the molecule is CCC(CC)CN1CCC12CCCNC2. The summed E-state index contributed by atoms with van der Waals surface area (Å²) in [6.45, 7) is 9.83. The van der Waals surface area contributed by atoms with Crippen LogP contribution in [0.2, 0.25) is 0 Å². The van der Waals surface area contributed by atoms with E-state index in [-0.39, 0.29) is 0 Å². The van der Waals surface area contributed by atoms with Gasteiger partial charge in [-0.05, 0) is 31.7 Å². The van der Waals surface area contributed by atoms with Crippen LogP contribution in [0.1, 0.15) is 46.0 Å². The molecule has 2 aliphatic rings. The van der Waals surface area contributed by atoms with E-state index < -0.39 is 0 Å². The summed E-state index contributed by atoms with van der Waals surface area (Å²) in [7, 11) is 0. The molecule has 2 fully saturated rings. The largest absolute Gasteiger partial charge is 0.315 e. The number of hydrogen-bond acceptors (Lipinski definition) is 2. The third kappa shape index (κ3) is 2.21. The zero-order valence-corrected chi connectivity index (χ0v) is 10.4. The first kappa shape index (κ1) is 11.4. The molecular weight excluding hydrogens is 184 g/mol. The minimum absolute atomic E-state index is 0.570. The van der Waals surface area contributed by atoms with Crippen molar-refractivity contribution in [2.45, 2.75) is 51.5 Å². The first-order valence-electron chi connectivity index (χ1n) is 6.76. The number of nitrogens with zero attached hydrogens (tertiary/aromatic N) is 1. The van der Waals surface area contributed by atoms with E-state index in [0.717, 1.165) is 5.92 Å². The van der Waals surface area contributed by atoms with Crippen molar-refractivity contribution in [2.24, 2.45) is 5.92 Å². The minimum Gasteiger partial charge on any atom is -0.315 e. The molecule has 0 aliphatic carbocycles. The predicted molar refractivity (Wildman–Crippen MR) is 65.1 cm³/mol. The molecule has 0 aromatic heterocycles. The molecule has 0 amide bonds. The molecule has 0 aromatic rings. The highest BCUT2D eigenvalue weighted by Crippen LogP contribution is 2.37. The molecule has 2 saturated heterocycles. The second-order valence-electron chi connectivity index (χ2n) is 5.38. The molecule has 2 heterocycles. The Hall–Kier alpha value is -0.0800. The summed E-state index contributed by atoms with van der Waals surface area (Å²) >= 11 is 0. The van der Waals surface area contributed by atoms with Crippen molar-refractivity contribution in [3.8, 4) is 0 Å². The van der Waals surface area contributed by atoms with Gasteiger partial charge in [0.15, 0.2) is 0 Å². The van der Waals surface area contributed by atoms with Crippen LogP contribution < -0.4 is 5.32 Å². The summed E-state index contributed by atoms with van der Waals surface area (Å²) in [5.41, 5.74) is 0.570. The van der Waals surface area contributed by atoms with Gasteiger partial charge < -0.3 is 5.32 Å². The zero-order chi connectivity index (χ0) is 10.7. The normalized spacial score (nSPS) is 32.2. The molecule has 0 radical (unpaired) electrons. The maximum atomic E-state index is 3.58. The van der Waals surface area contributed by atoms with E-state index in [1.165, 1.54) is 58.3 Å². The molecule has 1 N–H and O–H groups in total. The summed E-state index contributed by atoms with van der Waals surface area (Å²) in [6.07, 6.45) is 6.92. The molecule has 0 saturated carbocycles. The average molecular weight is 210 g/mol. The smallest absolute Gasteiger partial charge is 0.0346 e. The van der Waals surface area contributed by atoms with Crippen molar-refractivity contribution in [1.29, 1.82) is 0 Å². The average Bonchev–Trinajstić information content (AvgIpc) is 2.30. The fourth-order valence-electron chi connectivity index (χ4n) is 3.16. The molecule has 1 unspecified atom stereocenters. The Kier molecular flexibility index (Phi) is 3.68. The lowest BCUT2D eigenvalue weighted by Crippen LogP contribution is -2.67. The molecule has 88 valence electrons. The summed E-state index contributed by atoms with van der Waals surface area (Å²) in [5.74, 6) is 0.920. The van der Waals surface area contributed by atoms with E-state index in [9.17, 15) is 0 Å². The van der Waals surface area contributed by atoms with Crippen molar-refractivity contribution in [3.63, 3.8) is 0 Å². The molecule has 0 bridgehead atoms. The zero-order valence-electron chi connectivity index (χ0n) is 10.4. The van der Waals surface area contributed by atoms with Crippen LogP contribution in [0.3, 0.4) is 0 Å². The van der Waals surface area contributed by atoms with Gasteiger partial charge in [0.2, 0.25) is 0 Å². The summed E-state index contributed by atoms with van der Waals surface area (Å²) in [4.78, 5) is 2.76. The monoisotopic (exact) mass is 210 g/mol. The molecule has 2 rings (SSSR count). The lowest BCUT2D eigenvalue weighted by atomic mass is 9.77. The molecule has 1 atom stereocenters. The van der Waals surface area contributed by atoms with Gasteiger partial charge in [-0.3, -0.25) is 4.90 Å². The van der Waals surface area contributed by atoms with E-state index in [1.54, 1.807) is 0 Å². The maximum absolute atomic E-state index is 3.58. The number of likely N-dealkylation sites (tertiary alicyclic amines) is 1. The highest BCUT2D eigenvalue weighted by atomic mass is 15.3. The fourth-order valence-corrected chi connectivity index (χ4v) is 3.16. The van der Waals surface area contributed by atoms with Gasteiger partial charge in [0.05, 0.1) is 0 Å². The van der Waals surface area contributed by atoms with Gasteiger partial charge in [0, 0.05) is 25.2 Å². The summed E-state index contributed by atoms with van der Waals surface area (Å²) in [5, 5.41) is 3.58. The number of piperidine rings is 1. The Morgan fingerprint density at radius 1 is 1.27 bits per heavy atom. The van der Waals surface area contributed by atoms with E-state index in [0.29, 0.717) is 5.54 Å². The predicted octanol–water partition coefficient (Wildman–Crippen LogP) is 2.25. The van der Waals surface area contributed by atoms with Crippen LogP contribution in [0.5, 0.6) is 0 Å². The van der Waals surface area contributed by atoms with Gasteiger partial charge in [-0.2, -0.15) is 0 Å². The lowest BCUT2D eigenvalue weighted by Gasteiger charge is -2.56. The fraction of sp³-hybridized carbons (Fsp3) is 1.00. The van der Waals surface area contributed by atoms with Crippen LogP contribution in [0.15, 0.2) is 0 Å². The third-order valence-electron chi connectivity index (χ3n) is 4.60. The van der Waals surface area contributed by atoms with Gasteiger partial charge >= 0.3 is 0 Å². The Bertz CT molecular complexity index is 193. The van der Waals surface area contributed by atoms with Crippen LogP contribution in [-0.2, 0) is 0 Å². The molecule has 2 aliphatic heterocycles. The Labute approximate surface area is 94.4 Å². The van der Waals surface area contributed by atoms with Gasteiger partial charge in [0.1, 0.15) is 0 Å². The van der Waals surface area contributed by atoms with Gasteiger partial charge in [-0.15, -0.1) is 0 Å². The molecule has 15 heavy (non-hydrogen) atoms. The Balaban J connectivity index is 1.87. The minimum atomic E-state index is 0.570. The number of hydrogen-bond donors (Lipinski definition) is 1. The summed E-state index contributed by atoms with van der Waals surface area (Å²) in [6, 6.07) is 0. The van der Waals surface area contributed by atoms with Crippen molar-refractivity contribution in [1.82, 2.24) is 10.2 Å². The van der Waals surface area contributed by atoms with E-state index in [1.807, 2.05) is 0 Å². The Morgan fingerprint density at radius 3 is 2.53 bits per heavy atom. The standard InChI is InChI=1S/C13H26N2/c1-3-12(4-2)10-15-9-7-13(15)6-5-8-14-11-13/h12,14H,3-11H2,1-2H3. The first-order valence-corrected chi connectivity index (χ1v) is 6.76.